The first kappa shape index (κ1) is 12.5. The molecule has 2 aromatic carbocycles. The van der Waals surface area contributed by atoms with E-state index in [2.05, 4.69) is 15.9 Å². The molecule has 4 heteroatoms. The van der Waals surface area contributed by atoms with Crippen LogP contribution in [0.2, 0.25) is 5.02 Å². The van der Waals surface area contributed by atoms with Crippen LogP contribution in [-0.4, -0.2) is 5.78 Å². The summed E-state index contributed by atoms with van der Waals surface area (Å²) in [5, 5.41) is 1.30. The normalized spacial score (nSPS) is 10.8. The monoisotopic (exact) mass is 334 g/mol. The molecule has 0 atom stereocenters. The number of fused-ring (bicyclic) bond motifs is 1. The fourth-order valence-corrected chi connectivity index (χ4v) is 2.66. The summed E-state index contributed by atoms with van der Waals surface area (Å²) in [6.07, 6.45) is 0. The van der Waals surface area contributed by atoms with Crippen molar-refractivity contribution in [2.45, 2.75) is 0 Å². The van der Waals surface area contributed by atoms with Gasteiger partial charge in [-0.25, -0.2) is 0 Å². The number of carbonyl (C=O) groups excluding carboxylic acids is 1. The van der Waals surface area contributed by atoms with E-state index in [4.69, 9.17) is 16.0 Å². The van der Waals surface area contributed by atoms with Crippen LogP contribution in [0.4, 0.5) is 0 Å². The van der Waals surface area contributed by atoms with Crippen LogP contribution in [0.3, 0.4) is 0 Å². The van der Waals surface area contributed by atoms with E-state index in [1.807, 2.05) is 24.3 Å². The molecule has 0 saturated carbocycles. The van der Waals surface area contributed by atoms with E-state index in [0.717, 1.165) is 9.86 Å². The Morgan fingerprint density at radius 2 is 1.89 bits per heavy atom. The first-order valence-electron chi connectivity index (χ1n) is 5.63. The number of furan rings is 1. The number of hydrogen-bond acceptors (Lipinski definition) is 2. The van der Waals surface area contributed by atoms with Gasteiger partial charge in [-0.2, -0.15) is 0 Å². The van der Waals surface area contributed by atoms with Crippen molar-refractivity contribution in [3.63, 3.8) is 0 Å². The number of rotatable bonds is 2. The highest BCUT2D eigenvalue weighted by molar-refractivity contribution is 9.10. The highest BCUT2D eigenvalue weighted by Crippen LogP contribution is 2.26. The smallest absolute Gasteiger partial charge is 0.229 e. The van der Waals surface area contributed by atoms with Gasteiger partial charge in [0.25, 0.3) is 0 Å². The first-order valence-corrected chi connectivity index (χ1v) is 6.80. The molecule has 94 valence electrons. The molecule has 0 N–H and O–H groups in total. The molecular formula is C15H8BrClO2. The predicted octanol–water partition coefficient (Wildman–Crippen LogP) is 5.08. The van der Waals surface area contributed by atoms with Crippen molar-refractivity contribution in [3.05, 3.63) is 69.3 Å². The van der Waals surface area contributed by atoms with Crippen molar-refractivity contribution >= 4 is 44.3 Å². The topological polar surface area (TPSA) is 30.2 Å². The number of para-hydroxylation sites is 1. The Labute approximate surface area is 123 Å². The van der Waals surface area contributed by atoms with Crippen LogP contribution in [-0.2, 0) is 0 Å². The molecule has 3 aromatic rings. The summed E-state index contributed by atoms with van der Waals surface area (Å²) in [7, 11) is 0. The molecule has 0 spiro atoms. The molecular weight excluding hydrogens is 328 g/mol. The van der Waals surface area contributed by atoms with Crippen molar-refractivity contribution in [2.75, 3.05) is 0 Å². The van der Waals surface area contributed by atoms with Crippen LogP contribution in [0.15, 0.2) is 57.4 Å². The number of ketones is 1. The Bertz CT molecular complexity index is 744. The predicted molar refractivity (Wildman–Crippen MR) is 78.8 cm³/mol. The van der Waals surface area contributed by atoms with Crippen molar-refractivity contribution in [3.8, 4) is 0 Å². The number of halogens is 2. The molecule has 0 fully saturated rings. The largest absolute Gasteiger partial charge is 0.453 e. The zero-order valence-corrected chi connectivity index (χ0v) is 12.0. The lowest BCUT2D eigenvalue weighted by atomic mass is 10.1. The molecule has 0 unspecified atom stereocenters. The third-order valence-electron chi connectivity index (χ3n) is 2.83. The van der Waals surface area contributed by atoms with Gasteiger partial charge in [0.05, 0.1) is 5.02 Å². The van der Waals surface area contributed by atoms with E-state index in [0.29, 0.717) is 21.9 Å². The summed E-state index contributed by atoms with van der Waals surface area (Å²) in [6, 6.07) is 14.4. The minimum atomic E-state index is -0.214. The fraction of sp³-hybridized carbons (Fsp3) is 0. The maximum Gasteiger partial charge on any atom is 0.229 e. The summed E-state index contributed by atoms with van der Waals surface area (Å²) >= 11 is 9.39. The maximum atomic E-state index is 12.4. The summed E-state index contributed by atoms with van der Waals surface area (Å²) in [4.78, 5) is 12.4. The van der Waals surface area contributed by atoms with Crippen LogP contribution < -0.4 is 0 Å². The van der Waals surface area contributed by atoms with E-state index < -0.39 is 0 Å². The van der Waals surface area contributed by atoms with Crippen LogP contribution >= 0.6 is 27.5 Å². The van der Waals surface area contributed by atoms with Crippen molar-refractivity contribution in [1.29, 1.82) is 0 Å². The summed E-state index contributed by atoms with van der Waals surface area (Å²) in [5.41, 5.74) is 1.13. The third kappa shape index (κ3) is 2.31. The van der Waals surface area contributed by atoms with Gasteiger partial charge in [-0.15, -0.1) is 0 Å². The van der Waals surface area contributed by atoms with Crippen LogP contribution in [0.1, 0.15) is 16.1 Å². The quantitative estimate of drug-likeness (QED) is 0.611. The number of carbonyl (C=O) groups is 1. The lowest BCUT2D eigenvalue weighted by Crippen LogP contribution is -2.00. The van der Waals surface area contributed by atoms with E-state index in [1.54, 1.807) is 24.3 Å². The molecule has 0 aliphatic rings. The van der Waals surface area contributed by atoms with Gasteiger partial charge in [0.1, 0.15) is 5.58 Å². The molecule has 0 aliphatic heterocycles. The molecule has 0 amide bonds. The van der Waals surface area contributed by atoms with Crippen LogP contribution in [0.25, 0.3) is 11.0 Å². The second kappa shape index (κ2) is 4.83. The van der Waals surface area contributed by atoms with E-state index in [-0.39, 0.29) is 5.78 Å². The average Bonchev–Trinajstić information content (AvgIpc) is 2.81. The molecule has 0 bridgehead atoms. The van der Waals surface area contributed by atoms with Gasteiger partial charge in [-0.3, -0.25) is 4.79 Å². The Morgan fingerprint density at radius 3 is 2.63 bits per heavy atom. The zero-order chi connectivity index (χ0) is 13.4. The van der Waals surface area contributed by atoms with E-state index in [1.165, 1.54) is 0 Å². The van der Waals surface area contributed by atoms with Crippen LogP contribution in [0, 0.1) is 0 Å². The van der Waals surface area contributed by atoms with Gasteiger partial charge in [-0.1, -0.05) is 45.7 Å². The Hall–Kier alpha value is -1.58. The van der Waals surface area contributed by atoms with Gasteiger partial charge in [0, 0.05) is 15.4 Å². The Kier molecular flexibility index (Phi) is 3.17. The standard InChI is InChI=1S/C15H8BrClO2/c16-10-5-6-11(12(17)8-10)15(18)14-7-9-3-1-2-4-13(9)19-14/h1-8H. The van der Waals surface area contributed by atoms with Crippen molar-refractivity contribution in [2.24, 2.45) is 0 Å². The molecule has 3 rings (SSSR count). The van der Waals surface area contributed by atoms with Gasteiger partial charge >= 0.3 is 0 Å². The number of benzene rings is 2. The third-order valence-corrected chi connectivity index (χ3v) is 3.63. The molecule has 0 radical (unpaired) electrons. The SMILES string of the molecule is O=C(c1cc2ccccc2o1)c1ccc(Br)cc1Cl. The molecule has 0 aliphatic carbocycles. The van der Waals surface area contributed by atoms with Crippen molar-refractivity contribution < 1.29 is 9.21 Å². The molecule has 2 nitrogen and oxygen atoms in total. The average molecular weight is 336 g/mol. The highest BCUT2D eigenvalue weighted by Gasteiger charge is 2.17. The Balaban J connectivity index is 2.08. The van der Waals surface area contributed by atoms with Gasteiger partial charge < -0.3 is 4.42 Å². The zero-order valence-electron chi connectivity index (χ0n) is 9.69. The molecule has 0 saturated heterocycles. The highest BCUT2D eigenvalue weighted by atomic mass is 79.9. The van der Waals surface area contributed by atoms with E-state index >= 15 is 0 Å². The Morgan fingerprint density at radius 1 is 1.11 bits per heavy atom. The lowest BCUT2D eigenvalue weighted by Gasteiger charge is -2.01. The van der Waals surface area contributed by atoms with E-state index in [9.17, 15) is 4.79 Å². The van der Waals surface area contributed by atoms with Gasteiger partial charge in [0.15, 0.2) is 5.76 Å². The van der Waals surface area contributed by atoms with Gasteiger partial charge in [-0.05, 0) is 30.3 Å². The summed E-state index contributed by atoms with van der Waals surface area (Å²) < 4.78 is 6.38. The fourth-order valence-electron chi connectivity index (χ4n) is 1.90. The number of hydrogen-bond donors (Lipinski definition) is 0. The summed E-state index contributed by atoms with van der Waals surface area (Å²) in [6.45, 7) is 0. The summed E-state index contributed by atoms with van der Waals surface area (Å²) in [5.74, 6) is 0.0825. The lowest BCUT2D eigenvalue weighted by molar-refractivity contribution is 0.101. The van der Waals surface area contributed by atoms with Crippen molar-refractivity contribution in [1.82, 2.24) is 0 Å². The minimum Gasteiger partial charge on any atom is -0.453 e. The second-order valence-corrected chi connectivity index (χ2v) is 5.42. The second-order valence-electron chi connectivity index (χ2n) is 4.10. The molecule has 1 heterocycles. The van der Waals surface area contributed by atoms with Gasteiger partial charge in [0.2, 0.25) is 5.78 Å². The molecule has 1 aromatic heterocycles. The minimum absolute atomic E-state index is 0.214. The maximum absolute atomic E-state index is 12.4. The first-order chi connectivity index (χ1) is 9.15. The molecule has 19 heavy (non-hydrogen) atoms. The van der Waals surface area contributed by atoms with Crippen LogP contribution in [0.5, 0.6) is 0 Å².